The van der Waals surface area contributed by atoms with Crippen LogP contribution in [0.2, 0.25) is 0 Å². The van der Waals surface area contributed by atoms with Gasteiger partial charge in [-0.05, 0) is 25.0 Å². The van der Waals surface area contributed by atoms with Gasteiger partial charge in [0.05, 0.1) is 12.1 Å². The van der Waals surface area contributed by atoms with Gasteiger partial charge in [-0.1, -0.05) is 26.2 Å². The van der Waals surface area contributed by atoms with Gasteiger partial charge in [0.2, 0.25) is 0 Å². The van der Waals surface area contributed by atoms with Gasteiger partial charge in [0.15, 0.2) is 0 Å². The Morgan fingerprint density at radius 1 is 1.42 bits per heavy atom. The molecule has 102 valence electrons. The van der Waals surface area contributed by atoms with Crippen LogP contribution in [-0.4, -0.2) is 29.1 Å². The van der Waals surface area contributed by atoms with Crippen molar-refractivity contribution in [1.82, 2.24) is 4.98 Å². The summed E-state index contributed by atoms with van der Waals surface area (Å²) in [6.07, 6.45) is 7.99. The van der Waals surface area contributed by atoms with Crippen LogP contribution >= 0.6 is 0 Å². The zero-order chi connectivity index (χ0) is 14.3. The fourth-order valence-corrected chi connectivity index (χ4v) is 1.90. The van der Waals surface area contributed by atoms with Gasteiger partial charge in [-0.3, -0.25) is 0 Å². The van der Waals surface area contributed by atoms with E-state index < -0.39 is 5.97 Å². The van der Waals surface area contributed by atoms with E-state index in [1.54, 1.807) is 12.1 Å². The Morgan fingerprint density at radius 2 is 2.16 bits per heavy atom. The zero-order valence-electron chi connectivity index (χ0n) is 11.5. The first-order chi connectivity index (χ1) is 9.12. The summed E-state index contributed by atoms with van der Waals surface area (Å²) in [7, 11) is 0. The van der Waals surface area contributed by atoms with Gasteiger partial charge in [-0.25, -0.2) is 9.78 Å². The van der Waals surface area contributed by atoms with E-state index in [9.17, 15) is 4.79 Å². The van der Waals surface area contributed by atoms with Crippen molar-refractivity contribution in [2.24, 2.45) is 0 Å². The summed E-state index contributed by atoms with van der Waals surface area (Å²) in [4.78, 5) is 17.6. The van der Waals surface area contributed by atoms with Crippen molar-refractivity contribution in [3.63, 3.8) is 0 Å². The number of carbonyl (C=O) groups is 1. The number of hydrogen-bond acceptors (Lipinski definition) is 3. The Labute approximate surface area is 114 Å². The summed E-state index contributed by atoms with van der Waals surface area (Å²) in [6.45, 7) is 5.30. The van der Waals surface area contributed by atoms with Crippen molar-refractivity contribution >= 4 is 11.8 Å². The minimum atomic E-state index is -0.932. The molecule has 0 amide bonds. The third kappa shape index (κ3) is 4.29. The standard InChI is InChI=1S/C15H20N2O2/c1-4-7-13-10-12(15(18)19)11-14(16-13)17(8-5-2)9-6-3/h2,10-11H,4,6-9H2,1,3H3,(H,18,19). The Morgan fingerprint density at radius 3 is 2.68 bits per heavy atom. The zero-order valence-corrected chi connectivity index (χ0v) is 11.5. The molecular formula is C15H20N2O2. The summed E-state index contributed by atoms with van der Waals surface area (Å²) in [5.74, 6) is 2.31. The summed E-state index contributed by atoms with van der Waals surface area (Å²) >= 11 is 0. The summed E-state index contributed by atoms with van der Waals surface area (Å²) in [5.41, 5.74) is 1.07. The molecule has 1 heterocycles. The molecule has 0 atom stereocenters. The molecule has 0 aromatic carbocycles. The van der Waals surface area contributed by atoms with Crippen molar-refractivity contribution in [2.75, 3.05) is 18.0 Å². The van der Waals surface area contributed by atoms with Crippen LogP contribution in [0.5, 0.6) is 0 Å². The molecule has 1 rings (SSSR count). The molecule has 0 spiro atoms. The Balaban J connectivity index is 3.16. The maximum absolute atomic E-state index is 11.2. The summed E-state index contributed by atoms with van der Waals surface area (Å²) in [6, 6.07) is 3.23. The molecule has 1 aromatic heterocycles. The molecule has 19 heavy (non-hydrogen) atoms. The molecule has 0 unspecified atom stereocenters. The maximum Gasteiger partial charge on any atom is 0.335 e. The second-order valence-electron chi connectivity index (χ2n) is 4.39. The van der Waals surface area contributed by atoms with Crippen LogP contribution in [0.15, 0.2) is 12.1 Å². The number of rotatable bonds is 7. The highest BCUT2D eigenvalue weighted by atomic mass is 16.4. The minimum Gasteiger partial charge on any atom is -0.478 e. The molecule has 0 radical (unpaired) electrons. The van der Waals surface area contributed by atoms with E-state index >= 15 is 0 Å². The largest absolute Gasteiger partial charge is 0.478 e. The van der Waals surface area contributed by atoms with E-state index in [1.807, 2.05) is 11.8 Å². The maximum atomic E-state index is 11.2. The van der Waals surface area contributed by atoms with Crippen molar-refractivity contribution in [1.29, 1.82) is 0 Å². The number of carboxylic acid groups (broad SMARTS) is 1. The van der Waals surface area contributed by atoms with Crippen LogP contribution < -0.4 is 4.90 Å². The monoisotopic (exact) mass is 260 g/mol. The van der Waals surface area contributed by atoms with Gasteiger partial charge >= 0.3 is 5.97 Å². The first-order valence-electron chi connectivity index (χ1n) is 6.55. The molecule has 0 aliphatic carbocycles. The van der Waals surface area contributed by atoms with Gasteiger partial charge < -0.3 is 10.0 Å². The average molecular weight is 260 g/mol. The SMILES string of the molecule is C#CCN(CCC)c1cc(C(=O)O)cc(CCC)n1. The van der Waals surface area contributed by atoms with Crippen molar-refractivity contribution in [3.8, 4) is 12.3 Å². The smallest absolute Gasteiger partial charge is 0.335 e. The molecule has 0 saturated heterocycles. The third-order valence-electron chi connectivity index (χ3n) is 2.72. The normalized spacial score (nSPS) is 9.95. The van der Waals surface area contributed by atoms with Crippen molar-refractivity contribution in [3.05, 3.63) is 23.4 Å². The Hall–Kier alpha value is -2.02. The summed E-state index contributed by atoms with van der Waals surface area (Å²) in [5, 5.41) is 9.16. The Bertz CT molecular complexity index is 478. The summed E-state index contributed by atoms with van der Waals surface area (Å²) < 4.78 is 0. The number of carboxylic acids is 1. The predicted molar refractivity (Wildman–Crippen MR) is 76.5 cm³/mol. The molecule has 0 bridgehead atoms. The van der Waals surface area contributed by atoms with E-state index in [4.69, 9.17) is 11.5 Å². The predicted octanol–water partition coefficient (Wildman–Crippen LogP) is 2.58. The van der Waals surface area contributed by atoms with Crippen molar-refractivity contribution < 1.29 is 9.90 Å². The highest BCUT2D eigenvalue weighted by Gasteiger charge is 2.12. The second kappa shape index (κ2) is 7.42. The fourth-order valence-electron chi connectivity index (χ4n) is 1.90. The van der Waals surface area contributed by atoms with Crippen LogP contribution in [0.1, 0.15) is 42.7 Å². The number of aromatic carboxylic acids is 1. The number of terminal acetylenes is 1. The highest BCUT2D eigenvalue weighted by molar-refractivity contribution is 5.88. The van der Waals surface area contributed by atoms with Gasteiger partial charge in [-0.2, -0.15) is 0 Å². The number of pyridine rings is 1. The van der Waals surface area contributed by atoms with E-state index in [0.29, 0.717) is 12.4 Å². The average Bonchev–Trinajstić information content (AvgIpc) is 2.38. The molecule has 1 aromatic rings. The van der Waals surface area contributed by atoms with Crippen LogP contribution in [-0.2, 0) is 6.42 Å². The lowest BCUT2D eigenvalue weighted by molar-refractivity contribution is 0.0696. The second-order valence-corrected chi connectivity index (χ2v) is 4.39. The van der Waals surface area contributed by atoms with Gasteiger partial charge in [0, 0.05) is 12.2 Å². The lowest BCUT2D eigenvalue weighted by Gasteiger charge is -2.21. The van der Waals surface area contributed by atoms with E-state index in [0.717, 1.165) is 31.5 Å². The van der Waals surface area contributed by atoms with Gasteiger partial charge in [0.25, 0.3) is 0 Å². The Kier molecular flexibility index (Phi) is 5.87. The first-order valence-corrected chi connectivity index (χ1v) is 6.55. The highest BCUT2D eigenvalue weighted by Crippen LogP contribution is 2.16. The van der Waals surface area contributed by atoms with Crippen LogP contribution in [0.3, 0.4) is 0 Å². The number of anilines is 1. The third-order valence-corrected chi connectivity index (χ3v) is 2.72. The van der Waals surface area contributed by atoms with Crippen LogP contribution in [0.4, 0.5) is 5.82 Å². The molecule has 4 heteroatoms. The molecule has 0 saturated carbocycles. The number of hydrogen-bond donors (Lipinski definition) is 1. The molecule has 0 fully saturated rings. The lowest BCUT2D eigenvalue weighted by atomic mass is 10.1. The van der Waals surface area contributed by atoms with Crippen molar-refractivity contribution in [2.45, 2.75) is 33.1 Å². The number of aryl methyl sites for hydroxylation is 1. The molecule has 1 N–H and O–H groups in total. The lowest BCUT2D eigenvalue weighted by Crippen LogP contribution is -2.26. The molecule has 0 aliphatic rings. The molecular weight excluding hydrogens is 240 g/mol. The van der Waals surface area contributed by atoms with E-state index in [-0.39, 0.29) is 5.56 Å². The van der Waals surface area contributed by atoms with E-state index in [1.165, 1.54) is 0 Å². The first kappa shape index (κ1) is 15.0. The number of aromatic nitrogens is 1. The topological polar surface area (TPSA) is 53.4 Å². The van der Waals surface area contributed by atoms with Crippen LogP contribution in [0.25, 0.3) is 0 Å². The van der Waals surface area contributed by atoms with Gasteiger partial charge in [-0.15, -0.1) is 6.42 Å². The van der Waals surface area contributed by atoms with E-state index in [2.05, 4.69) is 17.8 Å². The molecule has 0 aliphatic heterocycles. The minimum absolute atomic E-state index is 0.270. The van der Waals surface area contributed by atoms with Gasteiger partial charge in [0.1, 0.15) is 5.82 Å². The molecule has 4 nitrogen and oxygen atoms in total. The fraction of sp³-hybridized carbons (Fsp3) is 0.467. The quantitative estimate of drug-likeness (QED) is 0.766. The van der Waals surface area contributed by atoms with Crippen LogP contribution in [0, 0.1) is 12.3 Å². The number of nitrogens with zero attached hydrogens (tertiary/aromatic N) is 2.